The molecule has 3 N–H and O–H groups in total. The molecule has 0 saturated carbocycles. The van der Waals surface area contributed by atoms with Crippen LogP contribution in [0.25, 0.3) is 0 Å². The van der Waals surface area contributed by atoms with Crippen LogP contribution in [0.2, 0.25) is 0 Å². The summed E-state index contributed by atoms with van der Waals surface area (Å²) in [6.45, 7) is 4.27. The van der Waals surface area contributed by atoms with Crippen LogP contribution in [-0.4, -0.2) is 55.0 Å². The van der Waals surface area contributed by atoms with Gasteiger partial charge in [-0.2, -0.15) is 0 Å². The average Bonchev–Trinajstić information content (AvgIpc) is 2.08. The largest absolute Gasteiger partial charge is 0.391 e. The monoisotopic (exact) mass is 188 g/mol. The van der Waals surface area contributed by atoms with E-state index in [-0.39, 0.29) is 6.04 Å². The van der Waals surface area contributed by atoms with Crippen molar-refractivity contribution >= 4 is 0 Å². The van der Waals surface area contributed by atoms with Gasteiger partial charge in [-0.1, -0.05) is 0 Å². The standard InChI is InChI=1S/C9H20N2O2/c1-7(10)9(12)5-8-6-13-4-3-11(8)2/h7-9,12H,3-6,10H2,1-2H3. The molecule has 0 spiro atoms. The van der Waals surface area contributed by atoms with E-state index in [1.54, 1.807) is 0 Å². The molecule has 0 aliphatic carbocycles. The number of nitrogens with two attached hydrogens (primary N) is 1. The van der Waals surface area contributed by atoms with Gasteiger partial charge in [0.05, 0.1) is 19.3 Å². The summed E-state index contributed by atoms with van der Waals surface area (Å²) < 4.78 is 5.34. The highest BCUT2D eigenvalue weighted by Crippen LogP contribution is 2.11. The molecular weight excluding hydrogens is 168 g/mol. The molecular formula is C9H20N2O2. The molecule has 1 aliphatic rings. The third-order valence-corrected chi connectivity index (χ3v) is 2.64. The maximum absolute atomic E-state index is 9.59. The SMILES string of the molecule is CC(N)C(O)CC1COCCN1C. The molecule has 0 aromatic carbocycles. The smallest absolute Gasteiger partial charge is 0.0704 e. The number of likely N-dealkylation sites (N-methyl/N-ethyl adjacent to an activating group) is 1. The summed E-state index contributed by atoms with van der Waals surface area (Å²) in [5.41, 5.74) is 5.59. The zero-order valence-corrected chi connectivity index (χ0v) is 8.44. The van der Waals surface area contributed by atoms with Gasteiger partial charge in [-0.25, -0.2) is 0 Å². The molecule has 0 aromatic rings. The van der Waals surface area contributed by atoms with Crippen molar-refractivity contribution in [3.63, 3.8) is 0 Å². The lowest BCUT2D eigenvalue weighted by molar-refractivity contribution is -0.0161. The second-order valence-electron chi connectivity index (χ2n) is 3.87. The Bertz CT molecular complexity index is 153. The fourth-order valence-electron chi connectivity index (χ4n) is 1.48. The minimum Gasteiger partial charge on any atom is -0.391 e. The van der Waals surface area contributed by atoms with E-state index in [9.17, 15) is 5.11 Å². The van der Waals surface area contributed by atoms with Gasteiger partial charge < -0.3 is 15.6 Å². The van der Waals surface area contributed by atoms with Gasteiger partial charge in [0.1, 0.15) is 0 Å². The molecule has 3 unspecified atom stereocenters. The minimum atomic E-state index is -0.422. The maximum Gasteiger partial charge on any atom is 0.0704 e. The third kappa shape index (κ3) is 3.23. The number of aliphatic hydroxyl groups excluding tert-OH is 1. The number of nitrogens with zero attached hydrogens (tertiary/aromatic N) is 1. The number of morpholine rings is 1. The highest BCUT2D eigenvalue weighted by atomic mass is 16.5. The van der Waals surface area contributed by atoms with Gasteiger partial charge in [0, 0.05) is 18.6 Å². The van der Waals surface area contributed by atoms with Crippen LogP contribution in [0.3, 0.4) is 0 Å². The topological polar surface area (TPSA) is 58.7 Å². The van der Waals surface area contributed by atoms with Crippen molar-refractivity contribution in [1.82, 2.24) is 4.90 Å². The van der Waals surface area contributed by atoms with Crippen molar-refractivity contribution < 1.29 is 9.84 Å². The molecule has 1 saturated heterocycles. The summed E-state index contributed by atoms with van der Waals surface area (Å²) in [4.78, 5) is 2.22. The summed E-state index contributed by atoms with van der Waals surface area (Å²) in [6.07, 6.45) is 0.280. The third-order valence-electron chi connectivity index (χ3n) is 2.64. The van der Waals surface area contributed by atoms with Crippen LogP contribution < -0.4 is 5.73 Å². The Balaban J connectivity index is 2.33. The Kier molecular flexibility index (Phi) is 4.12. The summed E-state index contributed by atoms with van der Waals surface area (Å²) >= 11 is 0. The number of hydrogen-bond acceptors (Lipinski definition) is 4. The van der Waals surface area contributed by atoms with Crippen LogP contribution in [-0.2, 0) is 4.74 Å². The van der Waals surface area contributed by atoms with Gasteiger partial charge in [-0.3, -0.25) is 4.90 Å². The van der Waals surface area contributed by atoms with Crippen molar-refractivity contribution in [1.29, 1.82) is 0 Å². The van der Waals surface area contributed by atoms with E-state index in [2.05, 4.69) is 11.9 Å². The predicted octanol–water partition coefficient (Wildman–Crippen LogP) is -0.585. The van der Waals surface area contributed by atoms with Gasteiger partial charge in [0.25, 0.3) is 0 Å². The van der Waals surface area contributed by atoms with Crippen LogP contribution in [0.5, 0.6) is 0 Å². The molecule has 4 heteroatoms. The Morgan fingerprint density at radius 3 is 2.92 bits per heavy atom. The summed E-state index contributed by atoms with van der Waals surface area (Å²) in [5, 5.41) is 9.59. The van der Waals surface area contributed by atoms with Gasteiger partial charge in [0.15, 0.2) is 0 Å². The fraction of sp³-hybridized carbons (Fsp3) is 1.00. The molecule has 1 rings (SSSR count). The Labute approximate surface area is 79.7 Å². The molecule has 13 heavy (non-hydrogen) atoms. The first-order chi connectivity index (χ1) is 6.11. The van der Waals surface area contributed by atoms with Crippen molar-refractivity contribution in [2.24, 2.45) is 5.73 Å². The van der Waals surface area contributed by atoms with E-state index in [1.807, 2.05) is 6.92 Å². The van der Waals surface area contributed by atoms with Gasteiger partial charge in [-0.05, 0) is 20.4 Å². The molecule has 3 atom stereocenters. The van der Waals surface area contributed by atoms with Crippen molar-refractivity contribution in [2.75, 3.05) is 26.8 Å². The van der Waals surface area contributed by atoms with Gasteiger partial charge >= 0.3 is 0 Å². The molecule has 1 aliphatic heterocycles. The fourth-order valence-corrected chi connectivity index (χ4v) is 1.48. The van der Waals surface area contributed by atoms with E-state index in [1.165, 1.54) is 0 Å². The lowest BCUT2D eigenvalue weighted by Crippen LogP contribution is -2.46. The van der Waals surface area contributed by atoms with Crippen molar-refractivity contribution in [3.05, 3.63) is 0 Å². The number of hydrogen-bond donors (Lipinski definition) is 2. The van der Waals surface area contributed by atoms with Crippen LogP contribution in [0.15, 0.2) is 0 Å². The van der Waals surface area contributed by atoms with E-state index < -0.39 is 6.10 Å². The minimum absolute atomic E-state index is 0.157. The van der Waals surface area contributed by atoms with Gasteiger partial charge in [-0.15, -0.1) is 0 Å². The summed E-state index contributed by atoms with van der Waals surface area (Å²) in [7, 11) is 2.06. The molecule has 4 nitrogen and oxygen atoms in total. The Hall–Kier alpha value is -0.160. The number of ether oxygens (including phenoxy) is 1. The molecule has 1 fully saturated rings. The first kappa shape index (κ1) is 10.9. The lowest BCUT2D eigenvalue weighted by atomic mass is 10.0. The highest BCUT2D eigenvalue weighted by molar-refractivity contribution is 4.78. The zero-order valence-electron chi connectivity index (χ0n) is 8.44. The summed E-state index contributed by atoms with van der Waals surface area (Å²) in [5.74, 6) is 0. The van der Waals surface area contributed by atoms with Gasteiger partial charge in [0.2, 0.25) is 0 Å². The van der Waals surface area contributed by atoms with Crippen LogP contribution in [0, 0.1) is 0 Å². The highest BCUT2D eigenvalue weighted by Gasteiger charge is 2.23. The molecule has 0 aromatic heterocycles. The van der Waals surface area contributed by atoms with Crippen molar-refractivity contribution in [2.45, 2.75) is 31.5 Å². The Morgan fingerprint density at radius 2 is 2.38 bits per heavy atom. The molecule has 0 bridgehead atoms. The van der Waals surface area contributed by atoms with E-state index in [0.717, 1.165) is 13.2 Å². The average molecular weight is 188 g/mol. The molecule has 0 amide bonds. The second-order valence-corrected chi connectivity index (χ2v) is 3.87. The predicted molar refractivity (Wildman–Crippen MR) is 51.5 cm³/mol. The van der Waals surface area contributed by atoms with Crippen LogP contribution in [0.4, 0.5) is 0 Å². The normalized spacial score (nSPS) is 30.0. The van der Waals surface area contributed by atoms with Crippen LogP contribution in [0.1, 0.15) is 13.3 Å². The quantitative estimate of drug-likeness (QED) is 0.622. The number of aliphatic hydroxyl groups is 1. The Morgan fingerprint density at radius 1 is 1.69 bits per heavy atom. The van der Waals surface area contributed by atoms with E-state index in [4.69, 9.17) is 10.5 Å². The lowest BCUT2D eigenvalue weighted by Gasteiger charge is -2.34. The number of rotatable bonds is 3. The van der Waals surface area contributed by atoms with Crippen molar-refractivity contribution in [3.8, 4) is 0 Å². The maximum atomic E-state index is 9.59. The summed E-state index contributed by atoms with van der Waals surface area (Å²) in [6, 6.07) is 0.157. The zero-order chi connectivity index (χ0) is 9.84. The van der Waals surface area contributed by atoms with E-state index >= 15 is 0 Å². The second kappa shape index (κ2) is 4.91. The van der Waals surface area contributed by atoms with E-state index in [0.29, 0.717) is 19.1 Å². The first-order valence-electron chi connectivity index (χ1n) is 4.83. The molecule has 1 heterocycles. The van der Waals surface area contributed by atoms with Crippen LogP contribution >= 0.6 is 0 Å². The first-order valence-corrected chi connectivity index (χ1v) is 4.83. The molecule has 0 radical (unpaired) electrons. The molecule has 78 valence electrons.